The number of hydrogen-bond acceptors (Lipinski definition) is 5. The molecule has 1 unspecified atom stereocenters. The van der Waals surface area contributed by atoms with Crippen LogP contribution in [0.5, 0.6) is 0 Å². The van der Waals surface area contributed by atoms with E-state index in [0.29, 0.717) is 17.2 Å². The fourth-order valence-corrected chi connectivity index (χ4v) is 5.37. The number of thiophene rings is 1. The lowest BCUT2D eigenvalue weighted by atomic mass is 10.0. The van der Waals surface area contributed by atoms with Gasteiger partial charge in [-0.2, -0.15) is 0 Å². The number of anilines is 1. The van der Waals surface area contributed by atoms with Crippen LogP contribution in [0.3, 0.4) is 0 Å². The fraction of sp³-hybridized carbons (Fsp3) is 0.318. The van der Waals surface area contributed by atoms with Crippen molar-refractivity contribution in [1.29, 1.82) is 0 Å². The summed E-state index contributed by atoms with van der Waals surface area (Å²) in [5.41, 5.74) is 1.77. The molecule has 1 fully saturated rings. The molecule has 2 aromatic heterocycles. The Kier molecular flexibility index (Phi) is 6.82. The third-order valence-electron chi connectivity index (χ3n) is 5.16. The van der Waals surface area contributed by atoms with E-state index in [2.05, 4.69) is 10.3 Å². The van der Waals surface area contributed by atoms with E-state index in [1.807, 2.05) is 52.1 Å². The summed E-state index contributed by atoms with van der Waals surface area (Å²) >= 11 is 9.21. The zero-order chi connectivity index (χ0) is 20.9. The number of carbonyl (C=O) groups excluding carboxylic acids is 2. The number of halogens is 1. The molecule has 0 radical (unpaired) electrons. The summed E-state index contributed by atoms with van der Waals surface area (Å²) in [5, 5.41) is 7.91. The predicted molar refractivity (Wildman–Crippen MR) is 122 cm³/mol. The van der Waals surface area contributed by atoms with Crippen molar-refractivity contribution in [3.63, 3.8) is 0 Å². The Labute approximate surface area is 188 Å². The smallest absolute Gasteiger partial charge is 0.231 e. The van der Waals surface area contributed by atoms with Crippen LogP contribution in [-0.2, 0) is 28.9 Å². The highest BCUT2D eigenvalue weighted by molar-refractivity contribution is 7.14. The molecule has 1 aliphatic heterocycles. The first-order valence-electron chi connectivity index (χ1n) is 9.88. The van der Waals surface area contributed by atoms with Gasteiger partial charge in [-0.15, -0.1) is 22.7 Å². The molecule has 8 heteroatoms. The van der Waals surface area contributed by atoms with Crippen LogP contribution < -0.4 is 5.32 Å². The molecular weight excluding hydrogens is 438 g/mol. The molecule has 1 aliphatic rings. The Morgan fingerprint density at radius 1 is 1.17 bits per heavy atom. The van der Waals surface area contributed by atoms with Crippen LogP contribution in [0.4, 0.5) is 5.13 Å². The second kappa shape index (κ2) is 9.73. The van der Waals surface area contributed by atoms with Crippen LogP contribution >= 0.6 is 34.3 Å². The van der Waals surface area contributed by atoms with E-state index in [0.717, 1.165) is 41.3 Å². The van der Waals surface area contributed by atoms with Gasteiger partial charge in [0.15, 0.2) is 5.13 Å². The molecule has 1 N–H and O–H groups in total. The number of benzene rings is 1. The summed E-state index contributed by atoms with van der Waals surface area (Å²) < 4.78 is 0. The Bertz CT molecular complexity index is 1020. The number of hydrogen-bond donors (Lipinski definition) is 1. The molecule has 2 amide bonds. The summed E-state index contributed by atoms with van der Waals surface area (Å²) in [7, 11) is 0. The van der Waals surface area contributed by atoms with Crippen molar-refractivity contribution in [3.8, 4) is 0 Å². The Morgan fingerprint density at radius 2 is 2.03 bits per heavy atom. The Hall–Kier alpha value is -2.22. The van der Waals surface area contributed by atoms with Gasteiger partial charge in [0.1, 0.15) is 0 Å². The molecule has 1 saturated heterocycles. The number of nitrogens with one attached hydrogen (secondary N) is 1. The highest BCUT2D eigenvalue weighted by atomic mass is 35.5. The first-order valence-corrected chi connectivity index (χ1v) is 12.0. The summed E-state index contributed by atoms with van der Waals surface area (Å²) in [5.74, 6) is -0.0182. The van der Waals surface area contributed by atoms with Crippen LogP contribution in [-0.4, -0.2) is 34.3 Å². The number of rotatable bonds is 7. The lowest BCUT2D eigenvalue weighted by Gasteiger charge is -2.25. The van der Waals surface area contributed by atoms with E-state index in [1.54, 1.807) is 11.3 Å². The quantitative estimate of drug-likeness (QED) is 0.551. The molecule has 4 rings (SSSR count). The van der Waals surface area contributed by atoms with Crippen LogP contribution in [0, 0.1) is 0 Å². The standard InChI is InChI=1S/C22H22ClN3O2S2/c23-19-8-2-1-5-15(19)11-17-6-3-9-26(17)21(28)12-16-14-30-22(24-16)25-20(27)13-18-7-4-10-29-18/h1-2,4-5,7-8,10,14,17H,3,6,9,11-13H2,(H,24,25,27). The average Bonchev–Trinajstić information content (AvgIpc) is 3.46. The maximum Gasteiger partial charge on any atom is 0.231 e. The summed E-state index contributed by atoms with van der Waals surface area (Å²) in [4.78, 5) is 32.5. The van der Waals surface area contributed by atoms with Gasteiger partial charge in [0, 0.05) is 27.9 Å². The molecule has 0 saturated carbocycles. The largest absolute Gasteiger partial charge is 0.339 e. The highest BCUT2D eigenvalue weighted by Crippen LogP contribution is 2.26. The van der Waals surface area contributed by atoms with E-state index in [4.69, 9.17) is 11.6 Å². The lowest BCUT2D eigenvalue weighted by Crippen LogP contribution is -2.37. The summed E-state index contributed by atoms with van der Waals surface area (Å²) in [6.45, 7) is 0.766. The van der Waals surface area contributed by atoms with Crippen molar-refractivity contribution in [2.24, 2.45) is 0 Å². The van der Waals surface area contributed by atoms with E-state index in [9.17, 15) is 9.59 Å². The lowest BCUT2D eigenvalue weighted by molar-refractivity contribution is -0.131. The first-order chi connectivity index (χ1) is 14.6. The minimum Gasteiger partial charge on any atom is -0.339 e. The van der Waals surface area contributed by atoms with Gasteiger partial charge in [-0.1, -0.05) is 35.9 Å². The number of carbonyl (C=O) groups is 2. The van der Waals surface area contributed by atoms with Crippen molar-refractivity contribution in [2.75, 3.05) is 11.9 Å². The van der Waals surface area contributed by atoms with Crippen molar-refractivity contribution in [1.82, 2.24) is 9.88 Å². The van der Waals surface area contributed by atoms with Crippen molar-refractivity contribution in [3.05, 3.63) is 68.3 Å². The topological polar surface area (TPSA) is 62.3 Å². The molecular formula is C22H22ClN3O2S2. The molecule has 5 nitrogen and oxygen atoms in total. The van der Waals surface area contributed by atoms with Crippen molar-refractivity contribution >= 4 is 51.2 Å². The zero-order valence-corrected chi connectivity index (χ0v) is 18.7. The number of amides is 2. The number of nitrogens with zero attached hydrogens (tertiary/aromatic N) is 2. The molecule has 30 heavy (non-hydrogen) atoms. The molecule has 3 aromatic rings. The minimum atomic E-state index is -0.0935. The minimum absolute atomic E-state index is 0.0753. The van der Waals surface area contributed by atoms with Gasteiger partial charge in [0.2, 0.25) is 11.8 Å². The van der Waals surface area contributed by atoms with Gasteiger partial charge in [-0.3, -0.25) is 9.59 Å². The van der Waals surface area contributed by atoms with Gasteiger partial charge in [0.25, 0.3) is 0 Å². The molecule has 0 bridgehead atoms. The van der Waals surface area contributed by atoms with Gasteiger partial charge in [-0.05, 0) is 42.3 Å². The molecule has 156 valence electrons. The molecule has 1 aromatic carbocycles. The van der Waals surface area contributed by atoms with Crippen molar-refractivity contribution < 1.29 is 9.59 Å². The number of aromatic nitrogens is 1. The third-order valence-corrected chi connectivity index (χ3v) is 7.21. The average molecular weight is 460 g/mol. The van der Waals surface area contributed by atoms with E-state index >= 15 is 0 Å². The molecule has 3 heterocycles. The van der Waals surface area contributed by atoms with Gasteiger partial charge >= 0.3 is 0 Å². The van der Waals surface area contributed by atoms with E-state index in [1.165, 1.54) is 11.3 Å². The predicted octanol–water partition coefficient (Wildman–Crippen LogP) is 4.82. The van der Waals surface area contributed by atoms with Crippen molar-refractivity contribution in [2.45, 2.75) is 38.1 Å². The Balaban J connectivity index is 1.33. The van der Waals surface area contributed by atoms with E-state index in [-0.39, 0.29) is 24.3 Å². The number of thiazole rings is 1. The monoisotopic (exact) mass is 459 g/mol. The molecule has 1 atom stereocenters. The summed E-state index contributed by atoms with van der Waals surface area (Å²) in [6.07, 6.45) is 3.34. The van der Waals surface area contributed by atoms with E-state index < -0.39 is 0 Å². The van der Waals surface area contributed by atoms with Gasteiger partial charge < -0.3 is 10.2 Å². The number of likely N-dealkylation sites (tertiary alicyclic amines) is 1. The Morgan fingerprint density at radius 3 is 2.83 bits per heavy atom. The second-order valence-corrected chi connectivity index (χ2v) is 9.60. The molecule has 0 aliphatic carbocycles. The maximum absolute atomic E-state index is 12.9. The van der Waals surface area contributed by atoms with Gasteiger partial charge in [0.05, 0.1) is 18.5 Å². The summed E-state index contributed by atoms with van der Waals surface area (Å²) in [6, 6.07) is 11.8. The third kappa shape index (κ3) is 5.28. The molecule has 0 spiro atoms. The second-order valence-electron chi connectivity index (χ2n) is 7.30. The van der Waals surface area contributed by atoms with Crippen LogP contribution in [0.1, 0.15) is 29.0 Å². The fourth-order valence-electron chi connectivity index (χ4n) is 3.73. The highest BCUT2D eigenvalue weighted by Gasteiger charge is 2.29. The van der Waals surface area contributed by atoms with Gasteiger partial charge in [-0.25, -0.2) is 4.98 Å². The zero-order valence-electron chi connectivity index (χ0n) is 16.3. The van der Waals surface area contributed by atoms with Crippen LogP contribution in [0.25, 0.3) is 0 Å². The normalized spacial score (nSPS) is 16.0. The SMILES string of the molecule is O=C(Cc1cccs1)Nc1nc(CC(=O)N2CCCC2Cc2ccccc2Cl)cs1. The van der Waals surface area contributed by atoms with Crippen LogP contribution in [0.2, 0.25) is 5.02 Å². The first kappa shape index (κ1) is 21.0. The maximum atomic E-state index is 12.9. The van der Waals surface area contributed by atoms with Crippen LogP contribution in [0.15, 0.2) is 47.2 Å².